The topological polar surface area (TPSA) is 83.1 Å². The zero-order valence-electron chi connectivity index (χ0n) is 15.4. The molecule has 0 saturated heterocycles. The second-order valence-corrected chi connectivity index (χ2v) is 5.30. The molecular weight excluding hydrogens is 350 g/mol. The smallest absolute Gasteiger partial charge is 0.331 e. The number of anilines is 1. The van der Waals surface area contributed by atoms with E-state index >= 15 is 0 Å². The number of hydrogen-bond acceptors (Lipinski definition) is 6. The van der Waals surface area contributed by atoms with Gasteiger partial charge >= 0.3 is 5.97 Å². The minimum absolute atomic E-state index is 0.407. The van der Waals surface area contributed by atoms with Crippen LogP contribution in [-0.2, 0) is 14.3 Å². The molecule has 0 aliphatic carbocycles. The molecule has 0 radical (unpaired) electrons. The number of carbonyl (C=O) groups excluding carboxylic acids is 2. The third kappa shape index (κ3) is 5.78. The van der Waals surface area contributed by atoms with Crippen LogP contribution in [0.4, 0.5) is 5.69 Å². The van der Waals surface area contributed by atoms with Crippen LogP contribution in [0.5, 0.6) is 17.2 Å². The van der Waals surface area contributed by atoms with E-state index in [4.69, 9.17) is 18.9 Å². The first kappa shape index (κ1) is 19.8. The Balaban J connectivity index is 1.90. The molecule has 7 heteroatoms. The Hall–Kier alpha value is -3.48. The Morgan fingerprint density at radius 3 is 2.48 bits per heavy atom. The van der Waals surface area contributed by atoms with Crippen molar-refractivity contribution in [1.82, 2.24) is 0 Å². The number of nitrogens with one attached hydrogen (secondary N) is 1. The zero-order valence-corrected chi connectivity index (χ0v) is 15.4. The maximum Gasteiger partial charge on any atom is 0.331 e. The van der Waals surface area contributed by atoms with Crippen LogP contribution < -0.4 is 19.5 Å². The van der Waals surface area contributed by atoms with Crippen LogP contribution in [0.1, 0.15) is 5.56 Å². The van der Waals surface area contributed by atoms with Gasteiger partial charge in [0.15, 0.2) is 18.1 Å². The normalized spacial score (nSPS) is 10.3. The summed E-state index contributed by atoms with van der Waals surface area (Å²) in [6.07, 6.45) is 2.75. The van der Waals surface area contributed by atoms with E-state index in [2.05, 4.69) is 5.32 Å². The molecule has 0 saturated carbocycles. The van der Waals surface area contributed by atoms with Gasteiger partial charge in [0.05, 0.1) is 21.3 Å². The van der Waals surface area contributed by atoms with Crippen LogP contribution in [0.15, 0.2) is 48.5 Å². The lowest BCUT2D eigenvalue weighted by Gasteiger charge is -2.09. The average Bonchev–Trinajstić information content (AvgIpc) is 2.70. The van der Waals surface area contributed by atoms with Crippen molar-refractivity contribution in [2.24, 2.45) is 0 Å². The molecule has 2 aromatic carbocycles. The van der Waals surface area contributed by atoms with Gasteiger partial charge in [0.1, 0.15) is 5.75 Å². The van der Waals surface area contributed by atoms with Gasteiger partial charge in [-0.1, -0.05) is 18.2 Å². The van der Waals surface area contributed by atoms with Gasteiger partial charge in [-0.05, 0) is 24.3 Å². The van der Waals surface area contributed by atoms with E-state index in [1.54, 1.807) is 42.5 Å². The fourth-order valence-electron chi connectivity index (χ4n) is 2.28. The van der Waals surface area contributed by atoms with Gasteiger partial charge in [-0.3, -0.25) is 4.79 Å². The molecule has 0 aliphatic rings. The number of esters is 1. The lowest BCUT2D eigenvalue weighted by Crippen LogP contribution is -2.20. The molecule has 0 atom stereocenters. The van der Waals surface area contributed by atoms with E-state index in [1.165, 1.54) is 33.5 Å². The van der Waals surface area contributed by atoms with Crippen molar-refractivity contribution in [2.75, 3.05) is 33.3 Å². The van der Waals surface area contributed by atoms with Gasteiger partial charge in [-0.25, -0.2) is 4.79 Å². The zero-order chi connectivity index (χ0) is 19.6. The highest BCUT2D eigenvalue weighted by atomic mass is 16.5. The number of para-hydroxylation sites is 1. The van der Waals surface area contributed by atoms with Crippen molar-refractivity contribution < 1.29 is 28.5 Å². The van der Waals surface area contributed by atoms with Crippen molar-refractivity contribution in [1.29, 1.82) is 0 Å². The average molecular weight is 371 g/mol. The highest BCUT2D eigenvalue weighted by molar-refractivity contribution is 5.94. The molecule has 0 heterocycles. The Morgan fingerprint density at radius 1 is 1.00 bits per heavy atom. The Kier molecular flexibility index (Phi) is 7.25. The van der Waals surface area contributed by atoms with E-state index in [9.17, 15) is 9.59 Å². The summed E-state index contributed by atoms with van der Waals surface area (Å²) >= 11 is 0. The summed E-state index contributed by atoms with van der Waals surface area (Å²) in [4.78, 5) is 23.7. The summed E-state index contributed by atoms with van der Waals surface area (Å²) in [6.45, 7) is -0.407. The lowest BCUT2D eigenvalue weighted by molar-refractivity contribution is -0.142. The number of benzene rings is 2. The molecule has 2 rings (SSSR count). The predicted octanol–water partition coefficient (Wildman–Crippen LogP) is 2.91. The van der Waals surface area contributed by atoms with E-state index in [-0.39, 0.29) is 0 Å². The molecule has 0 fully saturated rings. The maximum atomic E-state index is 11.9. The summed E-state index contributed by atoms with van der Waals surface area (Å²) in [5, 5.41) is 2.62. The Morgan fingerprint density at radius 2 is 1.78 bits per heavy atom. The molecular formula is C20H21NO6. The molecule has 0 unspecified atom stereocenters. The summed E-state index contributed by atoms with van der Waals surface area (Å²) < 4.78 is 20.5. The standard InChI is InChI=1S/C20H21NO6/c1-24-16-8-5-7-15(12-16)21-18(22)13-27-19(23)11-10-14-6-4-9-17(25-2)20(14)26-3/h4-12H,13H2,1-3H3,(H,21,22)/b11-10+. The minimum Gasteiger partial charge on any atom is -0.497 e. The summed E-state index contributed by atoms with van der Waals surface area (Å²) in [7, 11) is 4.57. The van der Waals surface area contributed by atoms with Crippen LogP contribution in [0.3, 0.4) is 0 Å². The minimum atomic E-state index is -0.652. The summed E-state index contributed by atoms with van der Waals surface area (Å²) in [5.41, 5.74) is 1.20. The van der Waals surface area contributed by atoms with E-state index in [0.717, 1.165) is 0 Å². The maximum absolute atomic E-state index is 11.9. The van der Waals surface area contributed by atoms with Gasteiger partial charge in [-0.2, -0.15) is 0 Å². The number of hydrogen-bond donors (Lipinski definition) is 1. The van der Waals surface area contributed by atoms with Gasteiger partial charge in [-0.15, -0.1) is 0 Å². The molecule has 2 aromatic rings. The third-order valence-corrected chi connectivity index (χ3v) is 3.53. The fraction of sp³-hybridized carbons (Fsp3) is 0.200. The monoisotopic (exact) mass is 371 g/mol. The molecule has 0 aromatic heterocycles. The van der Waals surface area contributed by atoms with Gasteiger partial charge in [0.25, 0.3) is 5.91 Å². The summed E-state index contributed by atoms with van der Waals surface area (Å²) in [5.74, 6) is 0.551. The fourth-order valence-corrected chi connectivity index (χ4v) is 2.28. The Labute approximate surface area is 157 Å². The molecule has 27 heavy (non-hydrogen) atoms. The number of carbonyl (C=O) groups is 2. The highest BCUT2D eigenvalue weighted by Crippen LogP contribution is 2.31. The van der Waals surface area contributed by atoms with E-state index < -0.39 is 18.5 Å². The SMILES string of the molecule is COc1cccc(NC(=O)COC(=O)/C=C/c2cccc(OC)c2OC)c1. The van der Waals surface area contributed by atoms with Crippen molar-refractivity contribution in [3.05, 3.63) is 54.1 Å². The number of rotatable bonds is 8. The van der Waals surface area contributed by atoms with Crippen molar-refractivity contribution in [3.8, 4) is 17.2 Å². The molecule has 0 spiro atoms. The molecule has 0 aliphatic heterocycles. The molecule has 0 bridgehead atoms. The number of ether oxygens (including phenoxy) is 4. The second kappa shape index (κ2) is 9.86. The van der Waals surface area contributed by atoms with Gasteiger partial charge in [0, 0.05) is 23.4 Å². The number of methoxy groups -OCH3 is 3. The van der Waals surface area contributed by atoms with Crippen molar-refractivity contribution in [2.45, 2.75) is 0 Å². The third-order valence-electron chi connectivity index (χ3n) is 3.53. The lowest BCUT2D eigenvalue weighted by atomic mass is 10.1. The molecule has 7 nitrogen and oxygen atoms in total. The van der Waals surface area contributed by atoms with Crippen LogP contribution >= 0.6 is 0 Å². The van der Waals surface area contributed by atoms with Gasteiger partial charge in [0.2, 0.25) is 0 Å². The van der Waals surface area contributed by atoms with Crippen LogP contribution in [0, 0.1) is 0 Å². The summed E-state index contributed by atoms with van der Waals surface area (Å²) in [6, 6.07) is 12.1. The van der Waals surface area contributed by atoms with Crippen molar-refractivity contribution >= 4 is 23.6 Å². The highest BCUT2D eigenvalue weighted by Gasteiger charge is 2.09. The first-order valence-electron chi connectivity index (χ1n) is 8.07. The van der Waals surface area contributed by atoms with Crippen LogP contribution in [0.2, 0.25) is 0 Å². The quantitative estimate of drug-likeness (QED) is 0.567. The Bertz CT molecular complexity index is 831. The molecule has 1 amide bonds. The van der Waals surface area contributed by atoms with Crippen molar-refractivity contribution in [3.63, 3.8) is 0 Å². The van der Waals surface area contributed by atoms with E-state index in [1.807, 2.05) is 0 Å². The van der Waals surface area contributed by atoms with E-state index in [0.29, 0.717) is 28.5 Å². The molecule has 1 N–H and O–H groups in total. The van der Waals surface area contributed by atoms with Crippen LogP contribution in [-0.4, -0.2) is 39.8 Å². The number of amides is 1. The first-order chi connectivity index (χ1) is 13.1. The first-order valence-corrected chi connectivity index (χ1v) is 8.07. The second-order valence-electron chi connectivity index (χ2n) is 5.30. The predicted molar refractivity (Wildman–Crippen MR) is 101 cm³/mol. The largest absolute Gasteiger partial charge is 0.497 e. The van der Waals surface area contributed by atoms with Crippen LogP contribution in [0.25, 0.3) is 6.08 Å². The molecule has 142 valence electrons. The van der Waals surface area contributed by atoms with Gasteiger partial charge < -0.3 is 24.3 Å².